The first kappa shape index (κ1) is 20.2. The zero-order valence-corrected chi connectivity index (χ0v) is 14.9. The van der Waals surface area contributed by atoms with E-state index in [-0.39, 0.29) is 12.2 Å². The zero-order chi connectivity index (χ0) is 19.3. The number of esters is 3. The number of alkyl halides is 1. The first-order valence-electron chi connectivity index (χ1n) is 7.83. The Morgan fingerprint density at radius 3 is 2.31 bits per heavy atom. The summed E-state index contributed by atoms with van der Waals surface area (Å²) in [5.74, 6) is -1.98. The van der Waals surface area contributed by atoms with Crippen molar-refractivity contribution in [3.8, 4) is 0 Å². The van der Waals surface area contributed by atoms with E-state index in [1.807, 2.05) is 0 Å². The molecule has 1 fully saturated rings. The van der Waals surface area contributed by atoms with Gasteiger partial charge in [-0.1, -0.05) is 29.8 Å². The molecular weight excluding hydrogens is 368 g/mol. The first-order valence-corrected chi connectivity index (χ1v) is 8.27. The lowest BCUT2D eigenvalue weighted by Gasteiger charge is -2.41. The number of aliphatic hydroxyl groups excluding tert-OH is 1. The fourth-order valence-electron chi connectivity index (χ4n) is 2.44. The number of carbonyl (C=O) groups excluding carboxylic acids is 3. The van der Waals surface area contributed by atoms with Crippen LogP contribution in [-0.2, 0) is 28.5 Å². The molecule has 0 spiro atoms. The summed E-state index contributed by atoms with van der Waals surface area (Å²) >= 11 is 6.08. The van der Waals surface area contributed by atoms with Crippen molar-refractivity contribution in [3.63, 3.8) is 0 Å². The molecule has 1 aromatic carbocycles. The number of aliphatic hydroxyl groups is 1. The normalized spacial score (nSPS) is 28.1. The molecule has 0 saturated carbocycles. The molecule has 2 rings (SSSR count). The first-order chi connectivity index (χ1) is 12.3. The minimum Gasteiger partial charge on any atom is -0.463 e. The highest BCUT2D eigenvalue weighted by Crippen LogP contribution is 2.29. The van der Waals surface area contributed by atoms with E-state index in [2.05, 4.69) is 0 Å². The van der Waals surface area contributed by atoms with Crippen LogP contribution in [0.5, 0.6) is 0 Å². The van der Waals surface area contributed by atoms with Gasteiger partial charge in [0.05, 0.1) is 5.56 Å². The van der Waals surface area contributed by atoms with E-state index in [0.29, 0.717) is 0 Å². The third kappa shape index (κ3) is 5.17. The lowest BCUT2D eigenvalue weighted by atomic mass is 9.99. The molecule has 26 heavy (non-hydrogen) atoms. The Hall–Kier alpha value is -2.16. The molecule has 5 atom stereocenters. The van der Waals surface area contributed by atoms with Gasteiger partial charge in [-0.25, -0.2) is 4.79 Å². The van der Waals surface area contributed by atoms with Crippen molar-refractivity contribution in [1.82, 2.24) is 0 Å². The maximum Gasteiger partial charge on any atom is 0.338 e. The van der Waals surface area contributed by atoms with E-state index in [1.165, 1.54) is 19.1 Å². The average Bonchev–Trinajstić information content (AvgIpc) is 2.59. The van der Waals surface area contributed by atoms with Crippen LogP contribution in [0, 0.1) is 0 Å². The average molecular weight is 387 g/mol. The van der Waals surface area contributed by atoms with Gasteiger partial charge in [-0.3, -0.25) is 9.59 Å². The van der Waals surface area contributed by atoms with Gasteiger partial charge in [-0.05, 0) is 12.1 Å². The van der Waals surface area contributed by atoms with Gasteiger partial charge in [0, 0.05) is 13.8 Å². The third-order valence-corrected chi connectivity index (χ3v) is 3.96. The highest BCUT2D eigenvalue weighted by molar-refractivity contribution is 6.20. The predicted molar refractivity (Wildman–Crippen MR) is 88.4 cm³/mol. The monoisotopic (exact) mass is 386 g/mol. The molecule has 0 aromatic heterocycles. The Bertz CT molecular complexity index is 649. The van der Waals surface area contributed by atoms with E-state index in [0.717, 1.165) is 6.92 Å². The fraction of sp³-hybridized carbons (Fsp3) is 0.471. The molecule has 1 aliphatic heterocycles. The van der Waals surface area contributed by atoms with Crippen LogP contribution in [-0.4, -0.2) is 59.6 Å². The van der Waals surface area contributed by atoms with Crippen LogP contribution in [0.2, 0.25) is 0 Å². The predicted octanol–water partition coefficient (Wildman–Crippen LogP) is 1.03. The number of hydrogen-bond acceptors (Lipinski definition) is 8. The number of halogens is 1. The van der Waals surface area contributed by atoms with Gasteiger partial charge in [0.15, 0.2) is 17.8 Å². The topological polar surface area (TPSA) is 108 Å². The van der Waals surface area contributed by atoms with Gasteiger partial charge in [-0.15, -0.1) is 0 Å². The van der Waals surface area contributed by atoms with Crippen molar-refractivity contribution in [2.75, 3.05) is 6.61 Å². The molecule has 0 amide bonds. The van der Waals surface area contributed by atoms with Crippen LogP contribution in [0.4, 0.5) is 0 Å². The standard InChI is InChI=1S/C17H19ClO8/c1-9(19)23-8-12-14(24-10(2)20)13(21)15(16(18)25-12)26-17(22)11-6-4-3-5-7-11/h3-7,12-16,21H,8H2,1-2H3/t12-,13+,14+,15-,16-/m1/s1. The van der Waals surface area contributed by atoms with Crippen molar-refractivity contribution in [2.45, 2.75) is 43.8 Å². The van der Waals surface area contributed by atoms with Gasteiger partial charge in [-0.2, -0.15) is 0 Å². The van der Waals surface area contributed by atoms with E-state index >= 15 is 0 Å². The van der Waals surface area contributed by atoms with Crippen LogP contribution in [0.3, 0.4) is 0 Å². The van der Waals surface area contributed by atoms with Crippen LogP contribution >= 0.6 is 11.6 Å². The molecular formula is C17H19ClO8. The Morgan fingerprint density at radius 1 is 1.08 bits per heavy atom. The second-order valence-electron chi connectivity index (χ2n) is 5.63. The highest BCUT2D eigenvalue weighted by atomic mass is 35.5. The minimum absolute atomic E-state index is 0.259. The largest absolute Gasteiger partial charge is 0.463 e. The van der Waals surface area contributed by atoms with Crippen LogP contribution in [0.15, 0.2) is 30.3 Å². The SMILES string of the molecule is CC(=O)OC[C@H]1O[C@@H](Cl)[C@H](OC(=O)c2ccccc2)[C@@H](O)[C@H]1OC(C)=O. The molecule has 8 nitrogen and oxygen atoms in total. The van der Waals surface area contributed by atoms with Crippen molar-refractivity contribution >= 4 is 29.5 Å². The van der Waals surface area contributed by atoms with Crippen molar-refractivity contribution in [2.24, 2.45) is 0 Å². The molecule has 0 bridgehead atoms. The summed E-state index contributed by atoms with van der Waals surface area (Å²) in [5.41, 5.74) is -0.973. The smallest absolute Gasteiger partial charge is 0.338 e. The highest BCUT2D eigenvalue weighted by Gasteiger charge is 2.49. The van der Waals surface area contributed by atoms with E-state index < -0.39 is 47.9 Å². The van der Waals surface area contributed by atoms with Crippen LogP contribution in [0.1, 0.15) is 24.2 Å². The third-order valence-electron chi connectivity index (χ3n) is 3.61. The lowest BCUT2D eigenvalue weighted by Crippen LogP contribution is -2.59. The lowest BCUT2D eigenvalue weighted by molar-refractivity contribution is -0.224. The van der Waals surface area contributed by atoms with Gasteiger partial charge in [0.2, 0.25) is 0 Å². The summed E-state index contributed by atoms with van der Waals surface area (Å²) in [6.07, 6.45) is -4.99. The molecule has 1 N–H and O–H groups in total. The van der Waals surface area contributed by atoms with Crippen molar-refractivity contribution in [3.05, 3.63) is 35.9 Å². The fourth-order valence-corrected chi connectivity index (χ4v) is 2.78. The molecule has 1 heterocycles. The number of benzene rings is 1. The molecule has 0 unspecified atom stereocenters. The van der Waals surface area contributed by atoms with Crippen molar-refractivity contribution < 1.29 is 38.4 Å². The van der Waals surface area contributed by atoms with E-state index in [9.17, 15) is 19.5 Å². The number of ether oxygens (including phenoxy) is 4. The van der Waals surface area contributed by atoms with Gasteiger partial charge in [0.1, 0.15) is 18.8 Å². The molecule has 0 radical (unpaired) electrons. The summed E-state index contributed by atoms with van der Waals surface area (Å²) < 4.78 is 20.6. The Balaban J connectivity index is 2.14. The summed E-state index contributed by atoms with van der Waals surface area (Å²) in [4.78, 5) is 34.5. The molecule has 0 aliphatic carbocycles. The maximum atomic E-state index is 12.2. The van der Waals surface area contributed by atoms with E-state index in [4.69, 9.17) is 30.5 Å². The summed E-state index contributed by atoms with van der Waals surface area (Å²) in [7, 11) is 0. The molecule has 1 aliphatic rings. The molecule has 9 heteroatoms. The Morgan fingerprint density at radius 2 is 1.73 bits per heavy atom. The Labute approximate surface area is 154 Å². The number of hydrogen-bond donors (Lipinski definition) is 1. The summed E-state index contributed by atoms with van der Waals surface area (Å²) in [5, 5.41) is 10.5. The second kappa shape index (κ2) is 8.98. The molecule has 142 valence electrons. The van der Waals surface area contributed by atoms with Gasteiger partial charge in [0.25, 0.3) is 0 Å². The van der Waals surface area contributed by atoms with Crippen LogP contribution < -0.4 is 0 Å². The second-order valence-corrected chi connectivity index (χ2v) is 6.06. The maximum absolute atomic E-state index is 12.2. The van der Waals surface area contributed by atoms with Gasteiger partial charge < -0.3 is 24.1 Å². The minimum atomic E-state index is -1.47. The Kier molecular flexibility index (Phi) is 6.96. The summed E-state index contributed by atoms with van der Waals surface area (Å²) in [6, 6.07) is 8.11. The summed E-state index contributed by atoms with van der Waals surface area (Å²) in [6.45, 7) is 2.06. The number of rotatable bonds is 5. The quantitative estimate of drug-likeness (QED) is 0.454. The number of carbonyl (C=O) groups is 3. The molecule has 1 aromatic rings. The van der Waals surface area contributed by atoms with E-state index in [1.54, 1.807) is 18.2 Å². The molecule has 1 saturated heterocycles. The van der Waals surface area contributed by atoms with Crippen molar-refractivity contribution in [1.29, 1.82) is 0 Å². The van der Waals surface area contributed by atoms with Gasteiger partial charge >= 0.3 is 17.9 Å². The van der Waals surface area contributed by atoms with Crippen LogP contribution in [0.25, 0.3) is 0 Å². The zero-order valence-electron chi connectivity index (χ0n) is 14.2.